The highest BCUT2D eigenvalue weighted by atomic mass is 79.9. The zero-order chi connectivity index (χ0) is 21.4. The van der Waals surface area contributed by atoms with Gasteiger partial charge in [-0.2, -0.15) is 0 Å². The molecule has 0 fully saturated rings. The Kier molecular flexibility index (Phi) is 8.99. The molecular weight excluding hydrogens is 456 g/mol. The molecule has 0 aromatic heterocycles. The molecule has 5 nitrogen and oxygen atoms in total. The van der Waals surface area contributed by atoms with E-state index >= 15 is 0 Å². The second-order valence-electron chi connectivity index (χ2n) is 6.88. The molecule has 0 saturated heterocycles. The van der Waals surface area contributed by atoms with Gasteiger partial charge in [0.05, 0.1) is 0 Å². The van der Waals surface area contributed by atoms with E-state index in [1.165, 1.54) is 4.90 Å². The van der Waals surface area contributed by atoms with Crippen molar-refractivity contribution in [3.05, 3.63) is 63.6 Å². The van der Waals surface area contributed by atoms with Crippen LogP contribution in [0.5, 0.6) is 5.75 Å². The molecule has 0 aliphatic carbocycles. The lowest BCUT2D eigenvalue weighted by molar-refractivity contribution is -0.142. The summed E-state index contributed by atoms with van der Waals surface area (Å²) < 4.78 is 6.56. The third-order valence-electron chi connectivity index (χ3n) is 4.61. The first-order valence-corrected chi connectivity index (χ1v) is 10.7. The highest BCUT2D eigenvalue weighted by Gasteiger charge is 2.27. The van der Waals surface area contributed by atoms with E-state index in [1.54, 1.807) is 31.2 Å². The number of hydrogen-bond acceptors (Lipinski definition) is 3. The summed E-state index contributed by atoms with van der Waals surface area (Å²) in [6, 6.07) is 13.9. The number of nitrogens with one attached hydrogen (secondary N) is 1. The zero-order valence-corrected chi connectivity index (χ0v) is 19.2. The molecule has 0 aliphatic heterocycles. The lowest BCUT2D eigenvalue weighted by Crippen LogP contribution is -2.50. The molecule has 2 aromatic rings. The van der Waals surface area contributed by atoms with E-state index in [-0.39, 0.29) is 24.5 Å². The molecule has 1 N–H and O–H groups in total. The van der Waals surface area contributed by atoms with Crippen molar-refractivity contribution in [2.45, 2.75) is 45.8 Å². The standard InChI is InChI=1S/C22H26BrClN2O3/c1-4-15(2)25-22(28)16(3)26(13-17-5-7-18(23)8-6-17)21(27)14-29-20-11-9-19(24)10-12-20/h5-12,15-16H,4,13-14H2,1-3H3,(H,25,28)/t15-,16+/m0/s1. The summed E-state index contributed by atoms with van der Waals surface area (Å²) in [6.07, 6.45) is 0.818. The van der Waals surface area contributed by atoms with Gasteiger partial charge in [0.2, 0.25) is 5.91 Å². The Morgan fingerprint density at radius 3 is 2.31 bits per heavy atom. The molecule has 7 heteroatoms. The van der Waals surface area contributed by atoms with Gasteiger partial charge in [0, 0.05) is 22.1 Å². The van der Waals surface area contributed by atoms with Gasteiger partial charge in [-0.1, -0.05) is 46.6 Å². The van der Waals surface area contributed by atoms with Gasteiger partial charge < -0.3 is 15.0 Å². The Balaban J connectivity index is 2.13. The highest BCUT2D eigenvalue weighted by molar-refractivity contribution is 9.10. The molecule has 0 bridgehead atoms. The lowest BCUT2D eigenvalue weighted by Gasteiger charge is -2.29. The maximum atomic E-state index is 12.9. The number of halogens is 2. The van der Waals surface area contributed by atoms with Crippen LogP contribution in [-0.2, 0) is 16.1 Å². The number of hydrogen-bond donors (Lipinski definition) is 1. The Morgan fingerprint density at radius 1 is 1.10 bits per heavy atom. The fourth-order valence-corrected chi connectivity index (χ4v) is 2.98. The predicted octanol–water partition coefficient (Wildman–Crippen LogP) is 4.81. The minimum Gasteiger partial charge on any atom is -0.484 e. The van der Waals surface area contributed by atoms with Crippen LogP contribution in [0.1, 0.15) is 32.8 Å². The molecule has 2 aromatic carbocycles. The van der Waals surface area contributed by atoms with Crippen molar-refractivity contribution in [2.75, 3.05) is 6.61 Å². The highest BCUT2D eigenvalue weighted by Crippen LogP contribution is 2.17. The van der Waals surface area contributed by atoms with Crippen molar-refractivity contribution in [1.82, 2.24) is 10.2 Å². The largest absolute Gasteiger partial charge is 0.484 e. The van der Waals surface area contributed by atoms with Gasteiger partial charge in [-0.15, -0.1) is 0 Å². The van der Waals surface area contributed by atoms with Crippen LogP contribution in [0.2, 0.25) is 5.02 Å². The fourth-order valence-electron chi connectivity index (χ4n) is 2.59. The van der Waals surface area contributed by atoms with Gasteiger partial charge in [-0.05, 0) is 62.2 Å². The van der Waals surface area contributed by atoms with E-state index < -0.39 is 6.04 Å². The van der Waals surface area contributed by atoms with Crippen molar-refractivity contribution in [2.24, 2.45) is 0 Å². The van der Waals surface area contributed by atoms with Gasteiger partial charge in [0.15, 0.2) is 6.61 Å². The van der Waals surface area contributed by atoms with Crippen LogP contribution in [0.3, 0.4) is 0 Å². The molecule has 0 heterocycles. The number of ether oxygens (including phenoxy) is 1. The van der Waals surface area contributed by atoms with Gasteiger partial charge in [-0.25, -0.2) is 0 Å². The topological polar surface area (TPSA) is 58.6 Å². The Hall–Kier alpha value is -2.05. The minimum absolute atomic E-state index is 0.0416. The lowest BCUT2D eigenvalue weighted by atomic mass is 10.1. The van der Waals surface area contributed by atoms with Crippen LogP contribution in [0, 0.1) is 0 Å². The Bertz CT molecular complexity index is 812. The number of rotatable bonds is 9. The maximum absolute atomic E-state index is 12.9. The summed E-state index contributed by atoms with van der Waals surface area (Å²) in [5, 5.41) is 3.54. The Labute approximate surface area is 185 Å². The summed E-state index contributed by atoms with van der Waals surface area (Å²) in [7, 11) is 0. The minimum atomic E-state index is -0.631. The van der Waals surface area contributed by atoms with E-state index in [0.29, 0.717) is 17.3 Å². The quantitative estimate of drug-likeness (QED) is 0.559. The van der Waals surface area contributed by atoms with Crippen molar-refractivity contribution in [1.29, 1.82) is 0 Å². The van der Waals surface area contributed by atoms with E-state index in [2.05, 4.69) is 21.2 Å². The summed E-state index contributed by atoms with van der Waals surface area (Å²) in [5.41, 5.74) is 0.927. The number of benzene rings is 2. The third-order valence-corrected chi connectivity index (χ3v) is 5.39. The van der Waals surface area contributed by atoms with E-state index in [9.17, 15) is 9.59 Å². The molecule has 2 amide bonds. The first-order chi connectivity index (χ1) is 13.8. The molecule has 0 radical (unpaired) electrons. The second kappa shape index (κ2) is 11.2. The zero-order valence-electron chi connectivity index (χ0n) is 16.8. The van der Waals surface area contributed by atoms with Crippen LogP contribution in [-0.4, -0.2) is 35.4 Å². The van der Waals surface area contributed by atoms with E-state index in [1.807, 2.05) is 38.1 Å². The second-order valence-corrected chi connectivity index (χ2v) is 8.24. The molecule has 2 rings (SSSR count). The number of carbonyl (C=O) groups excluding carboxylic acids is 2. The molecule has 2 atom stereocenters. The van der Waals surface area contributed by atoms with Crippen molar-refractivity contribution in [3.63, 3.8) is 0 Å². The number of nitrogens with zero attached hydrogens (tertiary/aromatic N) is 1. The summed E-state index contributed by atoms with van der Waals surface area (Å²) >= 11 is 9.29. The van der Waals surface area contributed by atoms with Gasteiger partial charge in [0.25, 0.3) is 5.91 Å². The van der Waals surface area contributed by atoms with Crippen LogP contribution in [0.15, 0.2) is 53.0 Å². The van der Waals surface area contributed by atoms with Gasteiger partial charge in [-0.3, -0.25) is 9.59 Å². The van der Waals surface area contributed by atoms with Crippen LogP contribution in [0.25, 0.3) is 0 Å². The third kappa shape index (κ3) is 7.37. The molecule has 0 saturated carbocycles. The van der Waals surface area contributed by atoms with Gasteiger partial charge >= 0.3 is 0 Å². The summed E-state index contributed by atoms with van der Waals surface area (Å²) in [6.45, 7) is 5.82. The van der Waals surface area contributed by atoms with Crippen molar-refractivity contribution >= 4 is 39.3 Å². The average molecular weight is 482 g/mol. The molecule has 156 valence electrons. The van der Waals surface area contributed by atoms with Crippen molar-refractivity contribution in [3.8, 4) is 5.75 Å². The molecule has 0 aliphatic rings. The van der Waals surface area contributed by atoms with Crippen LogP contribution < -0.4 is 10.1 Å². The average Bonchev–Trinajstić information content (AvgIpc) is 2.72. The first kappa shape index (κ1) is 23.2. The normalized spacial score (nSPS) is 12.7. The SMILES string of the molecule is CC[C@H](C)NC(=O)[C@@H](C)N(Cc1ccc(Br)cc1)C(=O)COc1ccc(Cl)cc1. The van der Waals surface area contributed by atoms with E-state index in [4.69, 9.17) is 16.3 Å². The van der Waals surface area contributed by atoms with Crippen molar-refractivity contribution < 1.29 is 14.3 Å². The summed E-state index contributed by atoms with van der Waals surface area (Å²) in [4.78, 5) is 27.1. The monoisotopic (exact) mass is 480 g/mol. The van der Waals surface area contributed by atoms with Gasteiger partial charge in [0.1, 0.15) is 11.8 Å². The smallest absolute Gasteiger partial charge is 0.261 e. The fraction of sp³-hybridized carbons (Fsp3) is 0.364. The molecule has 0 unspecified atom stereocenters. The van der Waals surface area contributed by atoms with E-state index in [0.717, 1.165) is 16.5 Å². The first-order valence-electron chi connectivity index (χ1n) is 9.52. The molecule has 29 heavy (non-hydrogen) atoms. The summed E-state index contributed by atoms with van der Waals surface area (Å²) in [5.74, 6) is 0.0917. The number of amides is 2. The molecule has 0 spiro atoms. The van der Waals surface area contributed by atoms with Crippen LogP contribution >= 0.6 is 27.5 Å². The van der Waals surface area contributed by atoms with Crippen LogP contribution in [0.4, 0.5) is 0 Å². The maximum Gasteiger partial charge on any atom is 0.261 e. The Morgan fingerprint density at radius 2 is 1.72 bits per heavy atom. The molecular formula is C22H26BrClN2O3. The number of carbonyl (C=O) groups is 2. The predicted molar refractivity (Wildman–Crippen MR) is 119 cm³/mol.